The van der Waals surface area contributed by atoms with Crippen LogP contribution in [0.5, 0.6) is 0 Å². The number of ketones is 1. The van der Waals surface area contributed by atoms with Crippen LogP contribution in [0.15, 0.2) is 24.3 Å². The first kappa shape index (κ1) is 18.6. The van der Waals surface area contributed by atoms with Crippen LogP contribution in [0.4, 0.5) is 0 Å². The Morgan fingerprint density at radius 2 is 1.92 bits per heavy atom. The van der Waals surface area contributed by atoms with Crippen molar-refractivity contribution >= 4 is 23.6 Å². The Balaban J connectivity index is 1.75. The van der Waals surface area contributed by atoms with Gasteiger partial charge in [0.25, 0.3) is 0 Å². The van der Waals surface area contributed by atoms with E-state index in [1.807, 2.05) is 0 Å². The fraction of sp³-hybridized carbons (Fsp3) is 0.444. The van der Waals surface area contributed by atoms with E-state index in [1.165, 1.54) is 11.8 Å². The summed E-state index contributed by atoms with van der Waals surface area (Å²) in [5, 5.41) is 2.71. The quantitative estimate of drug-likeness (QED) is 0.553. The van der Waals surface area contributed by atoms with Gasteiger partial charge in [-0.1, -0.05) is 24.3 Å². The number of hydrogen-bond acceptors (Lipinski definition) is 5. The molecule has 0 saturated carbocycles. The zero-order chi connectivity index (χ0) is 18.2. The molecule has 25 heavy (non-hydrogen) atoms. The van der Waals surface area contributed by atoms with E-state index in [-0.39, 0.29) is 30.7 Å². The average Bonchev–Trinajstić information content (AvgIpc) is 2.98. The smallest absolute Gasteiger partial charge is 0.326 e. The number of ether oxygens (including phenoxy) is 1. The van der Waals surface area contributed by atoms with E-state index in [0.29, 0.717) is 31.5 Å². The third-order valence-corrected chi connectivity index (χ3v) is 3.92. The molecule has 1 N–H and O–H groups in total. The van der Waals surface area contributed by atoms with Crippen LogP contribution in [-0.2, 0) is 25.5 Å². The van der Waals surface area contributed by atoms with Gasteiger partial charge in [-0.2, -0.15) is 0 Å². The van der Waals surface area contributed by atoms with Gasteiger partial charge in [-0.25, -0.2) is 0 Å². The van der Waals surface area contributed by atoms with Crippen LogP contribution < -0.4 is 5.32 Å². The number of nitrogens with one attached hydrogen (secondary N) is 1. The lowest BCUT2D eigenvalue weighted by atomic mass is 10.1. The molecule has 1 aliphatic heterocycles. The first-order chi connectivity index (χ1) is 12.0. The predicted molar refractivity (Wildman–Crippen MR) is 89.9 cm³/mol. The fourth-order valence-corrected chi connectivity index (χ4v) is 2.54. The summed E-state index contributed by atoms with van der Waals surface area (Å²) in [5.41, 5.74) is 1.45. The molecule has 1 heterocycles. The molecule has 7 nitrogen and oxygen atoms in total. The molecule has 1 saturated heterocycles. The summed E-state index contributed by atoms with van der Waals surface area (Å²) in [6.07, 6.45) is 1.88. The van der Waals surface area contributed by atoms with Gasteiger partial charge < -0.3 is 15.0 Å². The Kier molecular flexibility index (Phi) is 6.68. The van der Waals surface area contributed by atoms with Gasteiger partial charge >= 0.3 is 5.97 Å². The van der Waals surface area contributed by atoms with Crippen molar-refractivity contribution in [1.29, 1.82) is 0 Å². The summed E-state index contributed by atoms with van der Waals surface area (Å²) in [6.45, 7) is 2.11. The second-order valence-electron chi connectivity index (χ2n) is 5.93. The van der Waals surface area contributed by atoms with Gasteiger partial charge in [0.05, 0.1) is 0 Å². The van der Waals surface area contributed by atoms with Gasteiger partial charge in [-0.15, -0.1) is 0 Å². The van der Waals surface area contributed by atoms with Crippen LogP contribution in [0.25, 0.3) is 0 Å². The lowest BCUT2D eigenvalue weighted by Gasteiger charge is -2.14. The highest BCUT2D eigenvalue weighted by molar-refractivity contribution is 5.98. The van der Waals surface area contributed by atoms with Gasteiger partial charge in [0.1, 0.15) is 6.54 Å². The van der Waals surface area contributed by atoms with Crippen LogP contribution in [0.2, 0.25) is 0 Å². The minimum atomic E-state index is -0.574. The maximum atomic E-state index is 12.1. The molecule has 0 aliphatic carbocycles. The van der Waals surface area contributed by atoms with E-state index >= 15 is 0 Å². The van der Waals surface area contributed by atoms with Crippen molar-refractivity contribution in [3.8, 4) is 0 Å². The Labute approximate surface area is 146 Å². The molecule has 0 atom stereocenters. The molecule has 1 aromatic carbocycles. The highest BCUT2D eigenvalue weighted by atomic mass is 16.5. The van der Waals surface area contributed by atoms with E-state index in [2.05, 4.69) is 5.32 Å². The second kappa shape index (κ2) is 8.96. The average molecular weight is 346 g/mol. The summed E-state index contributed by atoms with van der Waals surface area (Å²) in [6, 6.07) is 6.95. The highest BCUT2D eigenvalue weighted by Gasteiger charge is 2.23. The van der Waals surface area contributed by atoms with Gasteiger partial charge in [-0.3, -0.25) is 19.2 Å². The molecule has 0 aromatic heterocycles. The first-order valence-corrected chi connectivity index (χ1v) is 8.25. The zero-order valence-corrected chi connectivity index (χ0v) is 14.2. The van der Waals surface area contributed by atoms with E-state index in [4.69, 9.17) is 4.74 Å². The Bertz CT molecular complexity index is 654. The fourth-order valence-electron chi connectivity index (χ4n) is 2.54. The topological polar surface area (TPSA) is 92.8 Å². The van der Waals surface area contributed by atoms with Crippen LogP contribution in [0.1, 0.15) is 35.7 Å². The molecule has 0 bridgehead atoms. The molecule has 0 spiro atoms. The van der Waals surface area contributed by atoms with Crippen LogP contribution >= 0.6 is 0 Å². The van der Waals surface area contributed by atoms with Crippen molar-refractivity contribution in [3.63, 3.8) is 0 Å². The molecule has 0 unspecified atom stereocenters. The minimum Gasteiger partial charge on any atom is -0.456 e. The van der Waals surface area contributed by atoms with Crippen LogP contribution in [0.3, 0.4) is 0 Å². The Morgan fingerprint density at radius 1 is 1.20 bits per heavy atom. The van der Waals surface area contributed by atoms with E-state index < -0.39 is 5.97 Å². The summed E-state index contributed by atoms with van der Waals surface area (Å²) in [7, 11) is 0. The summed E-state index contributed by atoms with van der Waals surface area (Å²) in [4.78, 5) is 47.5. The molecule has 1 aromatic rings. The van der Waals surface area contributed by atoms with E-state index in [1.54, 1.807) is 24.3 Å². The van der Waals surface area contributed by atoms with Crippen LogP contribution in [-0.4, -0.2) is 54.7 Å². The number of hydrogen-bond donors (Lipinski definition) is 1. The van der Waals surface area contributed by atoms with Crippen molar-refractivity contribution in [1.82, 2.24) is 10.2 Å². The van der Waals surface area contributed by atoms with Crippen molar-refractivity contribution in [2.24, 2.45) is 0 Å². The number of esters is 1. The van der Waals surface area contributed by atoms with Gasteiger partial charge in [0.2, 0.25) is 11.8 Å². The lowest BCUT2D eigenvalue weighted by Crippen LogP contribution is -2.32. The van der Waals surface area contributed by atoms with Gasteiger partial charge in [-0.05, 0) is 18.4 Å². The molecule has 2 rings (SSSR count). The summed E-state index contributed by atoms with van der Waals surface area (Å²) < 4.78 is 4.96. The van der Waals surface area contributed by atoms with E-state index in [9.17, 15) is 19.2 Å². The largest absolute Gasteiger partial charge is 0.456 e. The molecule has 1 fully saturated rings. The molecular formula is C18H22N2O5. The SMILES string of the molecule is CC(=O)NCCc1ccc(C(=O)COC(=O)CN2CCCC2=O)cc1. The van der Waals surface area contributed by atoms with Gasteiger partial charge in [0, 0.05) is 32.0 Å². The van der Waals surface area contributed by atoms with E-state index in [0.717, 1.165) is 12.0 Å². The number of rotatable bonds is 8. The molecule has 7 heteroatoms. The molecule has 0 radical (unpaired) electrons. The Hall–Kier alpha value is -2.70. The van der Waals surface area contributed by atoms with Crippen molar-refractivity contribution in [2.45, 2.75) is 26.2 Å². The molecule has 2 amide bonds. The number of amides is 2. The standard InChI is InChI=1S/C18H22N2O5/c1-13(21)19-9-8-14-4-6-15(7-5-14)16(22)12-25-18(24)11-20-10-2-3-17(20)23/h4-7H,2-3,8-12H2,1H3,(H,19,21). The molecule has 1 aliphatic rings. The zero-order valence-electron chi connectivity index (χ0n) is 14.2. The number of carbonyl (C=O) groups excluding carboxylic acids is 4. The maximum absolute atomic E-state index is 12.1. The summed E-state index contributed by atoms with van der Waals surface area (Å²) in [5.74, 6) is -1.01. The monoisotopic (exact) mass is 346 g/mol. The highest BCUT2D eigenvalue weighted by Crippen LogP contribution is 2.09. The first-order valence-electron chi connectivity index (χ1n) is 8.25. The van der Waals surface area contributed by atoms with Crippen molar-refractivity contribution < 1.29 is 23.9 Å². The maximum Gasteiger partial charge on any atom is 0.326 e. The third-order valence-electron chi connectivity index (χ3n) is 3.92. The lowest BCUT2D eigenvalue weighted by molar-refractivity contribution is -0.147. The number of carbonyl (C=O) groups is 4. The summed E-state index contributed by atoms with van der Waals surface area (Å²) >= 11 is 0. The minimum absolute atomic E-state index is 0.0573. The number of Topliss-reactive ketones (excluding diaryl/α,β-unsaturated/α-hetero) is 1. The molecular weight excluding hydrogens is 324 g/mol. The van der Waals surface area contributed by atoms with Gasteiger partial charge in [0.15, 0.2) is 12.4 Å². The number of likely N-dealkylation sites (tertiary alicyclic amines) is 1. The predicted octanol–water partition coefficient (Wildman–Crippen LogP) is 0.714. The van der Waals surface area contributed by atoms with Crippen molar-refractivity contribution in [2.75, 3.05) is 26.2 Å². The second-order valence-corrected chi connectivity index (χ2v) is 5.93. The normalized spacial score (nSPS) is 13.6. The molecule has 134 valence electrons. The Morgan fingerprint density at radius 3 is 2.52 bits per heavy atom. The van der Waals surface area contributed by atoms with Crippen molar-refractivity contribution in [3.05, 3.63) is 35.4 Å². The number of benzene rings is 1. The third kappa shape index (κ3) is 6.02. The van der Waals surface area contributed by atoms with Crippen LogP contribution in [0, 0.1) is 0 Å². The number of nitrogens with zero attached hydrogens (tertiary/aromatic N) is 1.